The number of benzene rings is 1. The Morgan fingerprint density at radius 3 is 2.48 bits per heavy atom. The molecule has 0 bridgehead atoms. The van der Waals surface area contributed by atoms with E-state index in [1.807, 2.05) is 12.1 Å². The molecule has 118 valence electrons. The average molecular weight is 312 g/mol. The number of rotatable bonds is 8. The molecule has 0 unspecified atom stereocenters. The van der Waals surface area contributed by atoms with Gasteiger partial charge in [0, 0.05) is 63.7 Å². The van der Waals surface area contributed by atoms with E-state index >= 15 is 0 Å². The lowest BCUT2D eigenvalue weighted by molar-refractivity contribution is 0.193. The van der Waals surface area contributed by atoms with Gasteiger partial charge in [-0.05, 0) is 37.2 Å². The predicted molar refractivity (Wildman–Crippen MR) is 89.5 cm³/mol. The smallest absolute Gasteiger partial charge is 0.0474 e. The van der Waals surface area contributed by atoms with Crippen LogP contribution in [0.1, 0.15) is 6.42 Å². The van der Waals surface area contributed by atoms with Gasteiger partial charge in [0.1, 0.15) is 0 Å². The molecule has 2 rings (SSSR count). The first-order valence-electron chi connectivity index (χ1n) is 7.72. The number of hydrogen-bond acceptors (Lipinski definition) is 4. The summed E-state index contributed by atoms with van der Waals surface area (Å²) in [7, 11) is 1.75. The SMILES string of the molecule is COCCCNCCN1CCN(c2ccc(Cl)cc2)CC1. The molecular formula is C16H26ClN3O. The zero-order valence-electron chi connectivity index (χ0n) is 12.9. The third kappa shape index (κ3) is 5.83. The second kappa shape index (κ2) is 9.26. The molecule has 0 saturated carbocycles. The monoisotopic (exact) mass is 311 g/mol. The number of hydrogen-bond donors (Lipinski definition) is 1. The van der Waals surface area contributed by atoms with Gasteiger partial charge in [-0.3, -0.25) is 4.90 Å². The number of anilines is 1. The first kappa shape index (κ1) is 16.6. The van der Waals surface area contributed by atoms with Crippen LogP contribution < -0.4 is 10.2 Å². The molecule has 1 saturated heterocycles. The third-order valence-electron chi connectivity index (χ3n) is 3.87. The third-order valence-corrected chi connectivity index (χ3v) is 4.12. The highest BCUT2D eigenvalue weighted by molar-refractivity contribution is 6.30. The molecule has 5 heteroatoms. The van der Waals surface area contributed by atoms with E-state index < -0.39 is 0 Å². The molecule has 1 N–H and O–H groups in total. The summed E-state index contributed by atoms with van der Waals surface area (Å²) in [6.45, 7) is 8.50. The summed E-state index contributed by atoms with van der Waals surface area (Å²) in [4.78, 5) is 4.95. The van der Waals surface area contributed by atoms with E-state index in [1.165, 1.54) is 5.69 Å². The summed E-state index contributed by atoms with van der Waals surface area (Å²) in [6.07, 6.45) is 1.08. The summed E-state index contributed by atoms with van der Waals surface area (Å²) in [5.74, 6) is 0. The van der Waals surface area contributed by atoms with Crippen molar-refractivity contribution >= 4 is 17.3 Å². The molecule has 21 heavy (non-hydrogen) atoms. The van der Waals surface area contributed by atoms with E-state index in [1.54, 1.807) is 7.11 Å². The highest BCUT2D eigenvalue weighted by atomic mass is 35.5. The largest absolute Gasteiger partial charge is 0.385 e. The Morgan fingerprint density at radius 2 is 1.81 bits per heavy atom. The standard InChI is InChI=1S/C16H26ClN3O/c1-21-14-2-7-18-8-9-19-10-12-20(13-11-19)16-5-3-15(17)4-6-16/h3-6,18H,2,7-14H2,1H3. The van der Waals surface area contributed by atoms with Gasteiger partial charge in [0.15, 0.2) is 0 Å². The Kier molecular flexibility index (Phi) is 7.30. The quantitative estimate of drug-likeness (QED) is 0.744. The Hall–Kier alpha value is -0.810. The van der Waals surface area contributed by atoms with Crippen molar-refractivity contribution in [3.8, 4) is 0 Å². The molecule has 0 aliphatic carbocycles. The minimum atomic E-state index is 0.803. The van der Waals surface area contributed by atoms with E-state index in [-0.39, 0.29) is 0 Å². The zero-order chi connectivity index (χ0) is 14.9. The van der Waals surface area contributed by atoms with Crippen LogP contribution in [0.2, 0.25) is 5.02 Å². The normalized spacial score (nSPS) is 16.4. The van der Waals surface area contributed by atoms with Crippen molar-refractivity contribution in [2.24, 2.45) is 0 Å². The van der Waals surface area contributed by atoms with Crippen LogP contribution in [-0.4, -0.2) is 64.4 Å². The maximum atomic E-state index is 5.93. The first-order chi connectivity index (χ1) is 10.3. The van der Waals surface area contributed by atoms with E-state index in [4.69, 9.17) is 16.3 Å². The topological polar surface area (TPSA) is 27.7 Å². The first-order valence-corrected chi connectivity index (χ1v) is 8.10. The lowest BCUT2D eigenvalue weighted by Gasteiger charge is -2.36. The van der Waals surface area contributed by atoms with Crippen LogP contribution in [0.25, 0.3) is 0 Å². The molecule has 0 radical (unpaired) electrons. The Balaban J connectivity index is 1.61. The van der Waals surface area contributed by atoms with Crippen LogP contribution in [0.5, 0.6) is 0 Å². The van der Waals surface area contributed by atoms with Crippen molar-refractivity contribution in [2.45, 2.75) is 6.42 Å². The van der Waals surface area contributed by atoms with Crippen molar-refractivity contribution in [3.05, 3.63) is 29.3 Å². The summed E-state index contributed by atoms with van der Waals surface area (Å²) in [5, 5.41) is 4.27. The lowest BCUT2D eigenvalue weighted by atomic mass is 10.2. The molecule has 1 fully saturated rings. The molecule has 1 aromatic carbocycles. The van der Waals surface area contributed by atoms with E-state index in [9.17, 15) is 0 Å². The van der Waals surface area contributed by atoms with Crippen LogP contribution >= 0.6 is 11.6 Å². The van der Waals surface area contributed by atoms with E-state index in [0.29, 0.717) is 0 Å². The number of methoxy groups -OCH3 is 1. The van der Waals surface area contributed by atoms with Gasteiger partial charge in [0.25, 0.3) is 0 Å². The summed E-state index contributed by atoms with van der Waals surface area (Å²) in [5.41, 5.74) is 1.27. The van der Waals surface area contributed by atoms with Crippen molar-refractivity contribution in [3.63, 3.8) is 0 Å². The molecule has 1 heterocycles. The van der Waals surface area contributed by atoms with Crippen LogP contribution in [0.15, 0.2) is 24.3 Å². The van der Waals surface area contributed by atoms with Gasteiger partial charge < -0.3 is 15.0 Å². The number of nitrogens with one attached hydrogen (secondary N) is 1. The fraction of sp³-hybridized carbons (Fsp3) is 0.625. The van der Waals surface area contributed by atoms with Crippen molar-refractivity contribution in [1.82, 2.24) is 10.2 Å². The van der Waals surface area contributed by atoms with E-state index in [0.717, 1.165) is 63.9 Å². The Morgan fingerprint density at radius 1 is 1.10 bits per heavy atom. The van der Waals surface area contributed by atoms with Crippen molar-refractivity contribution in [2.75, 3.05) is 64.4 Å². The maximum Gasteiger partial charge on any atom is 0.0474 e. The molecule has 1 aromatic rings. The fourth-order valence-electron chi connectivity index (χ4n) is 2.59. The van der Waals surface area contributed by atoms with Crippen molar-refractivity contribution < 1.29 is 4.74 Å². The Labute approximate surface area is 133 Å². The molecule has 0 amide bonds. The van der Waals surface area contributed by atoms with E-state index in [2.05, 4.69) is 27.2 Å². The van der Waals surface area contributed by atoms with Gasteiger partial charge in [-0.2, -0.15) is 0 Å². The second-order valence-corrected chi connectivity index (χ2v) is 5.84. The van der Waals surface area contributed by atoms with Gasteiger partial charge in [0.05, 0.1) is 0 Å². The Bertz CT molecular complexity index is 391. The number of piperazine rings is 1. The number of ether oxygens (including phenoxy) is 1. The number of halogens is 1. The van der Waals surface area contributed by atoms with Crippen LogP contribution in [0.4, 0.5) is 5.69 Å². The molecule has 1 aliphatic heterocycles. The molecule has 0 spiro atoms. The molecule has 1 aliphatic rings. The van der Waals surface area contributed by atoms with Gasteiger partial charge >= 0.3 is 0 Å². The minimum absolute atomic E-state index is 0.803. The van der Waals surface area contributed by atoms with Crippen LogP contribution in [0, 0.1) is 0 Å². The van der Waals surface area contributed by atoms with Crippen LogP contribution in [-0.2, 0) is 4.74 Å². The van der Waals surface area contributed by atoms with Gasteiger partial charge in [-0.25, -0.2) is 0 Å². The minimum Gasteiger partial charge on any atom is -0.385 e. The summed E-state index contributed by atoms with van der Waals surface area (Å²) in [6, 6.07) is 8.14. The molecule has 0 atom stereocenters. The second-order valence-electron chi connectivity index (χ2n) is 5.40. The average Bonchev–Trinajstić information content (AvgIpc) is 2.52. The number of nitrogens with zero attached hydrogens (tertiary/aromatic N) is 2. The van der Waals surface area contributed by atoms with Gasteiger partial charge in [0.2, 0.25) is 0 Å². The summed E-state index contributed by atoms with van der Waals surface area (Å²) < 4.78 is 5.04. The predicted octanol–water partition coefficient (Wildman–Crippen LogP) is 2.09. The van der Waals surface area contributed by atoms with Gasteiger partial charge in [-0.1, -0.05) is 11.6 Å². The van der Waals surface area contributed by atoms with Crippen LogP contribution in [0.3, 0.4) is 0 Å². The lowest BCUT2D eigenvalue weighted by Crippen LogP contribution is -2.48. The molecule has 4 nitrogen and oxygen atoms in total. The van der Waals surface area contributed by atoms with Gasteiger partial charge in [-0.15, -0.1) is 0 Å². The highest BCUT2D eigenvalue weighted by Gasteiger charge is 2.16. The molecular weight excluding hydrogens is 286 g/mol. The zero-order valence-corrected chi connectivity index (χ0v) is 13.6. The fourth-order valence-corrected chi connectivity index (χ4v) is 2.71. The summed E-state index contributed by atoms with van der Waals surface area (Å²) >= 11 is 5.93. The molecule has 0 aromatic heterocycles. The highest BCUT2D eigenvalue weighted by Crippen LogP contribution is 2.19. The maximum absolute atomic E-state index is 5.93. The van der Waals surface area contributed by atoms with Crippen molar-refractivity contribution in [1.29, 1.82) is 0 Å².